The molecule has 0 aromatic carbocycles. The summed E-state index contributed by atoms with van der Waals surface area (Å²) in [7, 11) is 1.15. The Bertz CT molecular complexity index is 316. The Morgan fingerprint density at radius 3 is 3.00 bits per heavy atom. The molecule has 5 nitrogen and oxygen atoms in total. The van der Waals surface area contributed by atoms with E-state index in [1.54, 1.807) is 0 Å². The van der Waals surface area contributed by atoms with Crippen LogP contribution in [0.3, 0.4) is 0 Å². The Kier molecular flexibility index (Phi) is 2.18. The molecule has 0 saturated heterocycles. The largest absolute Gasteiger partial charge is 0.464 e. The van der Waals surface area contributed by atoms with Crippen molar-refractivity contribution in [1.82, 2.24) is 9.97 Å². The number of carbonyl (C=O) groups excluding carboxylic acids is 1. The van der Waals surface area contributed by atoms with Crippen molar-refractivity contribution in [3.05, 3.63) is 17.8 Å². The normalized spacial score (nSPS) is 9.50. The maximum atomic E-state index is 12.4. The number of aromatic nitrogens is 2. The average Bonchev–Trinajstić information content (AvgIpc) is 2.08. The van der Waals surface area contributed by atoms with Gasteiger partial charge in [-0.05, 0) is 0 Å². The van der Waals surface area contributed by atoms with E-state index in [1.807, 2.05) is 0 Å². The van der Waals surface area contributed by atoms with Gasteiger partial charge in [-0.2, -0.15) is 4.39 Å². The molecule has 0 amide bonds. The molecule has 1 aromatic heterocycles. The van der Waals surface area contributed by atoms with Crippen LogP contribution in [0.2, 0.25) is 0 Å². The summed E-state index contributed by atoms with van der Waals surface area (Å²) in [6, 6.07) is 0. The van der Waals surface area contributed by atoms with E-state index in [2.05, 4.69) is 14.7 Å². The first-order chi connectivity index (χ1) is 5.65. The van der Waals surface area contributed by atoms with E-state index in [4.69, 9.17) is 5.73 Å². The molecular formula is C6H6FN3O2. The lowest BCUT2D eigenvalue weighted by Gasteiger charge is -1.99. The zero-order valence-corrected chi connectivity index (χ0v) is 6.24. The fourth-order valence-corrected chi connectivity index (χ4v) is 0.624. The van der Waals surface area contributed by atoms with Crippen LogP contribution in [0.25, 0.3) is 0 Å². The molecule has 0 spiro atoms. The summed E-state index contributed by atoms with van der Waals surface area (Å²) in [6.07, 6.45) is 0.821. The highest BCUT2D eigenvalue weighted by molar-refractivity contribution is 5.91. The SMILES string of the molecule is COC(=O)c1nc(F)cnc1N. The third-order valence-corrected chi connectivity index (χ3v) is 1.15. The molecule has 0 saturated carbocycles. The van der Waals surface area contributed by atoms with Gasteiger partial charge in [-0.1, -0.05) is 0 Å². The number of nitrogen functional groups attached to an aromatic ring is 1. The monoisotopic (exact) mass is 171 g/mol. The number of esters is 1. The molecule has 0 radical (unpaired) electrons. The quantitative estimate of drug-likeness (QED) is 0.601. The predicted octanol–water partition coefficient (Wildman–Crippen LogP) is -0.0155. The van der Waals surface area contributed by atoms with Gasteiger partial charge in [0.15, 0.2) is 11.5 Å². The number of ether oxygens (including phenoxy) is 1. The number of rotatable bonds is 1. The Morgan fingerprint density at radius 1 is 1.75 bits per heavy atom. The summed E-state index contributed by atoms with van der Waals surface area (Å²) < 4.78 is 16.7. The van der Waals surface area contributed by atoms with Crippen molar-refractivity contribution in [2.75, 3.05) is 12.8 Å². The van der Waals surface area contributed by atoms with Crippen LogP contribution in [0, 0.1) is 5.95 Å². The highest BCUT2D eigenvalue weighted by Gasteiger charge is 2.13. The second-order valence-corrected chi connectivity index (χ2v) is 1.92. The number of carbonyl (C=O) groups is 1. The molecule has 0 unspecified atom stereocenters. The number of halogens is 1. The van der Waals surface area contributed by atoms with Gasteiger partial charge in [0.1, 0.15) is 0 Å². The molecule has 6 heteroatoms. The van der Waals surface area contributed by atoms with Crippen LogP contribution in [0.5, 0.6) is 0 Å². The number of methoxy groups -OCH3 is 1. The molecule has 64 valence electrons. The van der Waals surface area contributed by atoms with Gasteiger partial charge in [-0.15, -0.1) is 0 Å². The van der Waals surface area contributed by atoms with E-state index in [1.165, 1.54) is 0 Å². The Hall–Kier alpha value is -1.72. The van der Waals surface area contributed by atoms with E-state index in [0.717, 1.165) is 13.3 Å². The number of hydrogen-bond donors (Lipinski definition) is 1. The third-order valence-electron chi connectivity index (χ3n) is 1.15. The van der Waals surface area contributed by atoms with Crippen molar-refractivity contribution >= 4 is 11.8 Å². The van der Waals surface area contributed by atoms with Gasteiger partial charge < -0.3 is 10.5 Å². The zero-order chi connectivity index (χ0) is 9.14. The minimum atomic E-state index is -0.871. The fraction of sp³-hybridized carbons (Fsp3) is 0.167. The van der Waals surface area contributed by atoms with Crippen LogP contribution in [-0.4, -0.2) is 23.0 Å². The van der Waals surface area contributed by atoms with E-state index >= 15 is 0 Å². The summed E-state index contributed by atoms with van der Waals surface area (Å²) >= 11 is 0. The van der Waals surface area contributed by atoms with Gasteiger partial charge in [-0.25, -0.2) is 14.8 Å². The molecule has 2 N–H and O–H groups in total. The molecule has 0 atom stereocenters. The Labute approximate surface area is 67.4 Å². The molecule has 1 heterocycles. The van der Waals surface area contributed by atoms with Gasteiger partial charge in [0, 0.05) is 0 Å². The third kappa shape index (κ3) is 1.47. The Morgan fingerprint density at radius 2 is 2.42 bits per heavy atom. The smallest absolute Gasteiger partial charge is 0.360 e. The van der Waals surface area contributed by atoms with Crippen molar-refractivity contribution in [1.29, 1.82) is 0 Å². The second-order valence-electron chi connectivity index (χ2n) is 1.92. The van der Waals surface area contributed by atoms with Crippen molar-refractivity contribution in [3.8, 4) is 0 Å². The van der Waals surface area contributed by atoms with E-state index in [-0.39, 0.29) is 11.5 Å². The van der Waals surface area contributed by atoms with Gasteiger partial charge in [-0.3, -0.25) is 0 Å². The molecular weight excluding hydrogens is 165 g/mol. The lowest BCUT2D eigenvalue weighted by atomic mass is 10.4. The summed E-state index contributed by atoms with van der Waals surface area (Å²) in [5.74, 6) is -1.83. The Balaban J connectivity index is 3.13. The van der Waals surface area contributed by atoms with Crippen LogP contribution in [0.4, 0.5) is 10.2 Å². The van der Waals surface area contributed by atoms with E-state index < -0.39 is 11.9 Å². The zero-order valence-electron chi connectivity index (χ0n) is 6.24. The summed E-state index contributed by atoms with van der Waals surface area (Å²) in [6.45, 7) is 0. The summed E-state index contributed by atoms with van der Waals surface area (Å²) in [5, 5.41) is 0. The maximum absolute atomic E-state index is 12.4. The van der Waals surface area contributed by atoms with Gasteiger partial charge >= 0.3 is 5.97 Å². The van der Waals surface area contributed by atoms with E-state index in [0.29, 0.717) is 0 Å². The first kappa shape index (κ1) is 8.38. The van der Waals surface area contributed by atoms with Gasteiger partial charge in [0.05, 0.1) is 13.3 Å². The second kappa shape index (κ2) is 3.12. The van der Waals surface area contributed by atoms with Crippen molar-refractivity contribution in [2.24, 2.45) is 0 Å². The summed E-state index contributed by atoms with van der Waals surface area (Å²) in [4.78, 5) is 17.4. The maximum Gasteiger partial charge on any atom is 0.360 e. The lowest BCUT2D eigenvalue weighted by molar-refractivity contribution is 0.0593. The minimum absolute atomic E-state index is 0.150. The standard InChI is InChI=1S/C6H6FN3O2/c1-12-6(11)4-5(8)9-2-3(7)10-4/h2H,1H3,(H2,8,9). The lowest BCUT2D eigenvalue weighted by Crippen LogP contribution is -2.10. The molecule has 0 bridgehead atoms. The average molecular weight is 171 g/mol. The molecule has 1 aromatic rings. The predicted molar refractivity (Wildman–Crippen MR) is 37.7 cm³/mol. The van der Waals surface area contributed by atoms with Crippen LogP contribution in [-0.2, 0) is 4.74 Å². The number of nitrogens with two attached hydrogens (primary N) is 1. The van der Waals surface area contributed by atoms with Crippen molar-refractivity contribution in [2.45, 2.75) is 0 Å². The highest BCUT2D eigenvalue weighted by Crippen LogP contribution is 2.05. The minimum Gasteiger partial charge on any atom is -0.464 e. The molecule has 0 fully saturated rings. The van der Waals surface area contributed by atoms with E-state index in [9.17, 15) is 9.18 Å². The number of hydrogen-bond acceptors (Lipinski definition) is 5. The molecule has 0 aliphatic carbocycles. The first-order valence-electron chi connectivity index (χ1n) is 3.01. The topological polar surface area (TPSA) is 78.1 Å². The van der Waals surface area contributed by atoms with Crippen LogP contribution >= 0.6 is 0 Å². The van der Waals surface area contributed by atoms with Crippen LogP contribution in [0.15, 0.2) is 6.20 Å². The van der Waals surface area contributed by atoms with Crippen molar-refractivity contribution < 1.29 is 13.9 Å². The van der Waals surface area contributed by atoms with Crippen molar-refractivity contribution in [3.63, 3.8) is 0 Å². The summed E-state index contributed by atoms with van der Waals surface area (Å²) in [5.41, 5.74) is 4.92. The number of anilines is 1. The molecule has 0 aliphatic heterocycles. The van der Waals surface area contributed by atoms with Crippen LogP contribution in [0.1, 0.15) is 10.5 Å². The fourth-order valence-electron chi connectivity index (χ4n) is 0.624. The number of nitrogens with zero attached hydrogens (tertiary/aromatic N) is 2. The van der Waals surface area contributed by atoms with Gasteiger partial charge in [0.25, 0.3) is 0 Å². The molecule has 0 aliphatic rings. The molecule has 1 rings (SSSR count). The first-order valence-corrected chi connectivity index (χ1v) is 3.01. The highest BCUT2D eigenvalue weighted by atomic mass is 19.1. The molecule has 12 heavy (non-hydrogen) atoms. The van der Waals surface area contributed by atoms with Crippen LogP contribution < -0.4 is 5.73 Å². The van der Waals surface area contributed by atoms with Gasteiger partial charge in [0.2, 0.25) is 5.95 Å².